The number of piperazine rings is 1. The highest BCUT2D eigenvalue weighted by molar-refractivity contribution is 9.10. The Balaban J connectivity index is 2.02. The van der Waals surface area contributed by atoms with Gasteiger partial charge in [0.05, 0.1) is 24.1 Å². The fraction of sp³-hybridized carbons (Fsp3) is 0.609. The largest absolute Gasteiger partial charge is 0.492 e. The molecule has 2 amide bonds. The van der Waals surface area contributed by atoms with Crippen molar-refractivity contribution in [1.82, 2.24) is 10.2 Å². The first kappa shape index (κ1) is 25.2. The summed E-state index contributed by atoms with van der Waals surface area (Å²) in [6, 6.07) is 4.28. The maximum Gasteiger partial charge on any atom is 0.308 e. The van der Waals surface area contributed by atoms with E-state index in [2.05, 4.69) is 28.2 Å². The molecule has 0 bridgehead atoms. The lowest BCUT2D eigenvalue weighted by molar-refractivity contribution is -0.147. The molecule has 1 unspecified atom stereocenters. The van der Waals surface area contributed by atoms with Crippen LogP contribution in [0.5, 0.6) is 5.75 Å². The SMILES string of the molecule is CCCCCCOc1ccc(C(=O)N2CCNC(=O)C2CC(=O)OCCCC)cc1Br. The number of unbranched alkanes of at least 4 members (excludes halogenated alkanes) is 4. The van der Waals surface area contributed by atoms with Gasteiger partial charge in [-0.15, -0.1) is 0 Å². The Kier molecular flexibility index (Phi) is 10.8. The Morgan fingerprint density at radius 2 is 1.90 bits per heavy atom. The number of carbonyl (C=O) groups is 3. The minimum atomic E-state index is -0.872. The van der Waals surface area contributed by atoms with Crippen LogP contribution in [0.25, 0.3) is 0 Å². The monoisotopic (exact) mass is 496 g/mol. The molecule has 0 aliphatic carbocycles. The molecule has 1 aromatic rings. The molecular formula is C23H33BrN2O5. The van der Waals surface area contributed by atoms with Gasteiger partial charge in [-0.25, -0.2) is 0 Å². The summed E-state index contributed by atoms with van der Waals surface area (Å²) >= 11 is 3.48. The van der Waals surface area contributed by atoms with Gasteiger partial charge in [-0.2, -0.15) is 0 Å². The second kappa shape index (κ2) is 13.3. The van der Waals surface area contributed by atoms with Crippen LogP contribution in [0.4, 0.5) is 0 Å². The van der Waals surface area contributed by atoms with Gasteiger partial charge in [0.15, 0.2) is 0 Å². The highest BCUT2D eigenvalue weighted by Gasteiger charge is 2.35. The average Bonchev–Trinajstić information content (AvgIpc) is 2.75. The third kappa shape index (κ3) is 7.83. The van der Waals surface area contributed by atoms with E-state index in [1.807, 2.05) is 6.92 Å². The number of rotatable bonds is 12. The quantitative estimate of drug-likeness (QED) is 0.348. The van der Waals surface area contributed by atoms with Gasteiger partial charge >= 0.3 is 5.97 Å². The van der Waals surface area contributed by atoms with Gasteiger partial charge in [-0.3, -0.25) is 14.4 Å². The molecule has 2 rings (SSSR count). The molecule has 172 valence electrons. The Labute approximate surface area is 193 Å². The van der Waals surface area contributed by atoms with Crippen molar-refractivity contribution in [2.45, 2.75) is 64.8 Å². The number of nitrogens with one attached hydrogen (secondary N) is 1. The van der Waals surface area contributed by atoms with E-state index >= 15 is 0 Å². The highest BCUT2D eigenvalue weighted by Crippen LogP contribution is 2.27. The van der Waals surface area contributed by atoms with Crippen LogP contribution in [0, 0.1) is 0 Å². The van der Waals surface area contributed by atoms with E-state index in [1.165, 1.54) is 17.7 Å². The summed E-state index contributed by atoms with van der Waals surface area (Å²) in [5, 5.41) is 2.73. The molecule has 1 aliphatic heterocycles. The molecule has 1 saturated heterocycles. The third-order valence-corrected chi connectivity index (χ3v) is 5.77. The first-order valence-electron chi connectivity index (χ1n) is 11.1. The van der Waals surface area contributed by atoms with Crippen LogP contribution in [0.3, 0.4) is 0 Å². The van der Waals surface area contributed by atoms with E-state index in [-0.39, 0.29) is 18.2 Å². The summed E-state index contributed by atoms with van der Waals surface area (Å²) < 4.78 is 11.7. The van der Waals surface area contributed by atoms with Crippen molar-refractivity contribution in [2.24, 2.45) is 0 Å². The number of ether oxygens (including phenoxy) is 2. The second-order valence-electron chi connectivity index (χ2n) is 7.64. The summed E-state index contributed by atoms with van der Waals surface area (Å²) in [4.78, 5) is 39.1. The van der Waals surface area contributed by atoms with Crippen LogP contribution in [-0.2, 0) is 14.3 Å². The number of benzene rings is 1. The number of hydrogen-bond donors (Lipinski definition) is 1. The predicted octanol–water partition coefficient (Wildman–Crippen LogP) is 4.08. The summed E-state index contributed by atoms with van der Waals surface area (Å²) in [7, 11) is 0. The Hall–Kier alpha value is -2.09. The van der Waals surface area contributed by atoms with Crippen LogP contribution < -0.4 is 10.1 Å². The second-order valence-corrected chi connectivity index (χ2v) is 8.49. The van der Waals surface area contributed by atoms with E-state index in [0.29, 0.717) is 42.1 Å². The van der Waals surface area contributed by atoms with Gasteiger partial charge in [-0.05, 0) is 47.0 Å². The molecule has 7 nitrogen and oxygen atoms in total. The maximum atomic E-state index is 13.1. The number of halogens is 1. The van der Waals surface area contributed by atoms with E-state index in [4.69, 9.17) is 9.47 Å². The molecule has 1 heterocycles. The summed E-state index contributed by atoms with van der Waals surface area (Å²) in [6.07, 6.45) is 6.01. The van der Waals surface area contributed by atoms with Crippen LogP contribution in [0.15, 0.2) is 22.7 Å². The molecular weight excluding hydrogens is 464 g/mol. The zero-order valence-corrected chi connectivity index (χ0v) is 20.0. The lowest BCUT2D eigenvalue weighted by Gasteiger charge is -2.34. The van der Waals surface area contributed by atoms with Crippen LogP contribution in [0.1, 0.15) is 69.2 Å². The Bertz CT molecular complexity index is 755. The zero-order valence-electron chi connectivity index (χ0n) is 18.5. The molecule has 1 N–H and O–H groups in total. The zero-order chi connectivity index (χ0) is 22.6. The standard InChI is InChI=1S/C23H33BrN2O5/c1-3-5-7-8-14-30-20-10-9-17(15-18(20)24)23(29)26-12-11-25-22(28)19(26)16-21(27)31-13-6-4-2/h9-10,15,19H,3-8,11-14,16H2,1-2H3,(H,25,28). The van der Waals surface area contributed by atoms with Crippen molar-refractivity contribution in [3.8, 4) is 5.75 Å². The minimum Gasteiger partial charge on any atom is -0.492 e. The van der Waals surface area contributed by atoms with Crippen LogP contribution >= 0.6 is 15.9 Å². The van der Waals surface area contributed by atoms with E-state index in [1.54, 1.807) is 18.2 Å². The highest BCUT2D eigenvalue weighted by atomic mass is 79.9. The molecule has 31 heavy (non-hydrogen) atoms. The molecule has 0 saturated carbocycles. The molecule has 1 aliphatic rings. The molecule has 1 atom stereocenters. The van der Waals surface area contributed by atoms with Crippen molar-refractivity contribution in [3.05, 3.63) is 28.2 Å². The summed E-state index contributed by atoms with van der Waals surface area (Å²) in [6.45, 7) is 5.81. The van der Waals surface area contributed by atoms with Gasteiger partial charge in [0.2, 0.25) is 5.91 Å². The predicted molar refractivity (Wildman–Crippen MR) is 122 cm³/mol. The van der Waals surface area contributed by atoms with Gasteiger partial charge in [0.1, 0.15) is 11.8 Å². The third-order valence-electron chi connectivity index (χ3n) is 5.15. The van der Waals surface area contributed by atoms with Crippen molar-refractivity contribution in [3.63, 3.8) is 0 Å². The fourth-order valence-electron chi connectivity index (χ4n) is 3.34. The van der Waals surface area contributed by atoms with Gasteiger partial charge in [-0.1, -0.05) is 39.5 Å². The topological polar surface area (TPSA) is 84.9 Å². The Morgan fingerprint density at radius 1 is 1.13 bits per heavy atom. The normalized spacial score (nSPS) is 16.0. The number of carbonyl (C=O) groups excluding carboxylic acids is 3. The first-order valence-corrected chi connectivity index (χ1v) is 11.9. The number of amides is 2. The molecule has 8 heteroatoms. The summed E-state index contributed by atoms with van der Waals surface area (Å²) in [5.74, 6) is -0.420. The first-order chi connectivity index (χ1) is 15.0. The van der Waals surface area contributed by atoms with Gasteiger partial charge in [0.25, 0.3) is 5.91 Å². The summed E-state index contributed by atoms with van der Waals surface area (Å²) in [5.41, 5.74) is 0.434. The molecule has 0 spiro atoms. The average molecular weight is 497 g/mol. The number of esters is 1. The van der Waals surface area contributed by atoms with Crippen LogP contribution in [0.2, 0.25) is 0 Å². The van der Waals surface area contributed by atoms with Crippen molar-refractivity contribution in [2.75, 3.05) is 26.3 Å². The van der Waals surface area contributed by atoms with E-state index < -0.39 is 12.0 Å². The molecule has 0 radical (unpaired) electrons. The van der Waals surface area contributed by atoms with E-state index in [9.17, 15) is 14.4 Å². The number of hydrogen-bond acceptors (Lipinski definition) is 5. The minimum absolute atomic E-state index is 0.151. The maximum absolute atomic E-state index is 13.1. The van der Waals surface area contributed by atoms with Crippen molar-refractivity contribution < 1.29 is 23.9 Å². The van der Waals surface area contributed by atoms with Crippen molar-refractivity contribution in [1.29, 1.82) is 0 Å². The molecule has 0 aromatic heterocycles. The van der Waals surface area contributed by atoms with Gasteiger partial charge in [0, 0.05) is 18.7 Å². The van der Waals surface area contributed by atoms with Gasteiger partial charge < -0.3 is 19.7 Å². The Morgan fingerprint density at radius 3 is 2.61 bits per heavy atom. The van der Waals surface area contributed by atoms with Crippen molar-refractivity contribution >= 4 is 33.7 Å². The smallest absolute Gasteiger partial charge is 0.308 e. The molecule has 1 fully saturated rings. The fourth-order valence-corrected chi connectivity index (χ4v) is 3.83. The number of nitrogens with zero attached hydrogens (tertiary/aromatic N) is 1. The molecule has 1 aromatic carbocycles. The lowest BCUT2D eigenvalue weighted by atomic mass is 10.1. The van der Waals surface area contributed by atoms with Crippen LogP contribution in [-0.4, -0.2) is 55.0 Å². The van der Waals surface area contributed by atoms with E-state index in [0.717, 1.165) is 25.7 Å². The lowest BCUT2D eigenvalue weighted by Crippen LogP contribution is -2.57.